The van der Waals surface area contributed by atoms with Gasteiger partial charge >= 0.3 is 78.1 Å². The summed E-state index contributed by atoms with van der Waals surface area (Å²) in [7, 11) is -1.75. The summed E-state index contributed by atoms with van der Waals surface area (Å²) in [5.41, 5.74) is 0. The first-order valence-corrected chi connectivity index (χ1v) is 2.25. The predicted octanol–water partition coefficient (Wildman–Crippen LogP) is -4.59. The van der Waals surface area contributed by atoms with Crippen LogP contribution in [-0.2, 0) is 8.89 Å². The Hall–Kier alpha value is 1.67. The Bertz CT molecular complexity index is 46.1. The molecule has 3 nitrogen and oxygen atoms in total. The van der Waals surface area contributed by atoms with Crippen LogP contribution in [0.15, 0.2) is 0 Å². The molecule has 0 aliphatic heterocycles. The van der Waals surface area contributed by atoms with Gasteiger partial charge in [0.2, 0.25) is 0 Å². The van der Waals surface area contributed by atoms with Crippen LogP contribution in [0.4, 0.5) is 0 Å². The Morgan fingerprint density at radius 1 is 1.83 bits per heavy atom. The van der Waals surface area contributed by atoms with Crippen LogP contribution in [0.1, 0.15) is 0 Å². The molecule has 0 rings (SSSR count). The van der Waals surface area contributed by atoms with Crippen molar-refractivity contribution >= 4 is 9.17 Å². The largest absolute Gasteiger partial charge is 1.00 e. The first-order chi connectivity index (χ1) is 2.27. The van der Waals surface area contributed by atoms with E-state index in [2.05, 4.69) is 4.43 Å². The van der Waals surface area contributed by atoms with Crippen molar-refractivity contribution in [3.63, 3.8) is 0 Å². The summed E-state index contributed by atoms with van der Waals surface area (Å²) >= 11 is 0. The van der Waals surface area contributed by atoms with Crippen LogP contribution in [0.3, 0.4) is 0 Å². The summed E-state index contributed by atoms with van der Waals surface area (Å²) in [6, 6.07) is 0. The van der Waals surface area contributed by atoms with Crippen molar-refractivity contribution in [1.82, 2.24) is 0 Å². The molecule has 0 atom stereocenters. The summed E-state index contributed by atoms with van der Waals surface area (Å²) in [5, 5.41) is 0. The Morgan fingerprint density at radius 2 is 2.00 bits per heavy atom. The third kappa shape index (κ3) is 9.18. The quantitative estimate of drug-likeness (QED) is 0.421. The van der Waals surface area contributed by atoms with Gasteiger partial charge in [-0.15, -0.1) is 0 Å². The van der Waals surface area contributed by atoms with Gasteiger partial charge in [0.1, 0.15) is 0 Å². The molecule has 0 aliphatic carbocycles. The van der Waals surface area contributed by atoms with Crippen LogP contribution >= 0.6 is 0 Å². The first-order valence-electron chi connectivity index (χ1n) is 1.02. The Balaban J connectivity index is 0. The Kier molecular flexibility index (Phi) is 11.8. The molecule has 5 heteroatoms. The fourth-order valence-electron chi connectivity index (χ4n) is 0. The van der Waals surface area contributed by atoms with Crippen LogP contribution < -0.4 is 73.7 Å². The molecule has 0 fully saturated rings. The standard InChI is InChI=1S/CH3O3Si.Cs/c1-4-5(2)3;/h1H3;/q-1;+1. The molecule has 0 aromatic carbocycles. The van der Waals surface area contributed by atoms with Crippen LogP contribution in [-0.4, -0.2) is 16.3 Å². The van der Waals surface area contributed by atoms with Crippen LogP contribution in [0.25, 0.3) is 0 Å². The van der Waals surface area contributed by atoms with Crippen molar-refractivity contribution < 1.29 is 82.6 Å². The van der Waals surface area contributed by atoms with Gasteiger partial charge in [-0.2, -0.15) is 0 Å². The number of rotatable bonds is 1. The van der Waals surface area contributed by atoms with Crippen molar-refractivity contribution in [3.05, 3.63) is 0 Å². The molecule has 0 saturated carbocycles. The molecule has 0 unspecified atom stereocenters. The van der Waals surface area contributed by atoms with E-state index in [1.54, 1.807) is 0 Å². The van der Waals surface area contributed by atoms with Gasteiger partial charge in [-0.05, 0) is 0 Å². The van der Waals surface area contributed by atoms with Crippen LogP contribution in [0.5, 0.6) is 0 Å². The molecule has 0 radical (unpaired) electrons. The maximum atomic E-state index is 9.22. The van der Waals surface area contributed by atoms with E-state index in [0.29, 0.717) is 0 Å². The molecule has 6 heavy (non-hydrogen) atoms. The van der Waals surface area contributed by atoms with Gasteiger partial charge in [0.15, 0.2) is 0 Å². The van der Waals surface area contributed by atoms with Crippen LogP contribution in [0.2, 0.25) is 0 Å². The molecule has 0 N–H and O–H groups in total. The third-order valence-corrected chi connectivity index (χ3v) is 0.500. The summed E-state index contributed by atoms with van der Waals surface area (Å²) in [6.07, 6.45) is 0. The zero-order valence-corrected chi connectivity index (χ0v) is 11.0. The topological polar surface area (TPSA) is 49.4 Å². The molecule has 0 aromatic rings. The smallest absolute Gasteiger partial charge is 0.591 e. The Labute approximate surface area is 96.4 Å². The van der Waals surface area contributed by atoms with Crippen molar-refractivity contribution in [2.75, 3.05) is 7.11 Å². The van der Waals surface area contributed by atoms with Gasteiger partial charge in [0.05, 0.1) is 0 Å². The van der Waals surface area contributed by atoms with Gasteiger partial charge in [0, 0.05) is 7.11 Å². The first kappa shape index (κ1) is 10.6. The van der Waals surface area contributed by atoms with Crippen molar-refractivity contribution in [2.24, 2.45) is 0 Å². The zero-order valence-electron chi connectivity index (χ0n) is 3.72. The van der Waals surface area contributed by atoms with Crippen molar-refractivity contribution in [3.8, 4) is 0 Å². The molecule has 0 heterocycles. The van der Waals surface area contributed by atoms with Crippen molar-refractivity contribution in [2.45, 2.75) is 0 Å². The molecule has 30 valence electrons. The molecule has 0 amide bonds. The molecule has 0 saturated heterocycles. The second-order valence-corrected chi connectivity index (χ2v) is 1.36. The van der Waals surface area contributed by atoms with Gasteiger partial charge in [0.25, 0.3) is 0 Å². The van der Waals surface area contributed by atoms with Gasteiger partial charge in [-0.1, -0.05) is 0 Å². The zero-order chi connectivity index (χ0) is 4.28. The SMILES string of the molecule is CO[Si](=O)[O-].[Cs+]. The summed E-state index contributed by atoms with van der Waals surface area (Å²) in [4.78, 5) is 9.22. The van der Waals surface area contributed by atoms with Crippen LogP contribution in [0, 0.1) is 0 Å². The maximum absolute atomic E-state index is 9.22. The monoisotopic (exact) mass is 224 g/mol. The average molecular weight is 224 g/mol. The number of hydrogen-bond donors (Lipinski definition) is 0. The normalized spacial score (nSPS) is 5.50. The van der Waals surface area contributed by atoms with E-state index in [1.807, 2.05) is 0 Å². The van der Waals surface area contributed by atoms with E-state index in [-0.39, 0.29) is 68.9 Å². The van der Waals surface area contributed by atoms with E-state index in [1.165, 1.54) is 0 Å². The summed E-state index contributed by atoms with van der Waals surface area (Å²) in [5.74, 6) is 0. The Morgan fingerprint density at radius 3 is 2.00 bits per heavy atom. The second-order valence-electron chi connectivity index (χ2n) is 0.454. The van der Waals surface area contributed by atoms with E-state index in [9.17, 15) is 9.26 Å². The minimum absolute atomic E-state index is 0. The van der Waals surface area contributed by atoms with E-state index in [4.69, 9.17) is 0 Å². The molecule has 0 bridgehead atoms. The summed E-state index contributed by atoms with van der Waals surface area (Å²) in [6.45, 7) is 0. The molecular weight excluding hydrogens is 221 g/mol. The minimum atomic E-state index is -2.87. The molecule has 0 aliphatic rings. The molecule has 0 spiro atoms. The van der Waals surface area contributed by atoms with E-state index >= 15 is 0 Å². The maximum Gasteiger partial charge on any atom is 1.00 e. The predicted molar refractivity (Wildman–Crippen MR) is 13.4 cm³/mol. The van der Waals surface area contributed by atoms with E-state index in [0.717, 1.165) is 7.11 Å². The van der Waals surface area contributed by atoms with Gasteiger partial charge in [-0.3, -0.25) is 0 Å². The van der Waals surface area contributed by atoms with Gasteiger partial charge in [-0.25, -0.2) is 0 Å². The van der Waals surface area contributed by atoms with E-state index < -0.39 is 9.17 Å². The minimum Gasteiger partial charge on any atom is -0.591 e. The second kappa shape index (κ2) is 6.67. The molecule has 0 aromatic heterocycles. The van der Waals surface area contributed by atoms with Gasteiger partial charge < -0.3 is 13.7 Å². The fourth-order valence-corrected chi connectivity index (χ4v) is 0. The number of hydrogen-bond acceptors (Lipinski definition) is 3. The molecular formula is CH3CsO3Si. The third-order valence-electron chi connectivity index (χ3n) is 0.167. The average Bonchev–Trinajstić information content (AvgIpc) is 1.38. The fraction of sp³-hybridized carbons (Fsp3) is 1.00. The summed E-state index contributed by atoms with van der Waals surface area (Å²) < 4.78 is 13.0. The van der Waals surface area contributed by atoms with Crippen molar-refractivity contribution in [1.29, 1.82) is 0 Å².